The standard InChI is InChI=1S/C47H33N5/c1-46(2)38-11-5-7-13-40(38)47(41-14-8-6-12-39(41)46)37-10-4-3-9-35(37)36-20-19-34(29-42(36)47)30-15-17-31(18-16-30)43-50-44(32-21-25-48-26-22-32)52-45(51-43)33-23-27-49-28-24-33/h3-29H,1-2H3. The fourth-order valence-corrected chi connectivity index (χ4v) is 8.62. The number of aromatic nitrogens is 5. The minimum Gasteiger partial charge on any atom is -0.265 e. The number of hydrogen-bond donors (Lipinski definition) is 0. The van der Waals surface area contributed by atoms with E-state index in [1.54, 1.807) is 24.8 Å². The van der Waals surface area contributed by atoms with E-state index in [1.807, 2.05) is 24.3 Å². The van der Waals surface area contributed by atoms with Crippen molar-refractivity contribution < 1.29 is 0 Å². The van der Waals surface area contributed by atoms with E-state index in [0.29, 0.717) is 17.5 Å². The van der Waals surface area contributed by atoms with E-state index in [0.717, 1.165) is 22.3 Å². The second-order valence-electron chi connectivity index (χ2n) is 14.1. The normalized spacial score (nSPS) is 14.3. The SMILES string of the molecule is CC1(C)c2ccccc2C2(c3ccccc3-c3ccc(-c4ccc(-c5nc(-c6ccncc6)nc(-c6ccncc6)n5)cc4)cc32)c2ccccc21. The lowest BCUT2D eigenvalue weighted by atomic mass is 9.55. The van der Waals surface area contributed by atoms with Crippen LogP contribution in [0.2, 0.25) is 0 Å². The van der Waals surface area contributed by atoms with Gasteiger partial charge in [-0.15, -0.1) is 0 Å². The molecule has 0 amide bonds. The molecule has 0 aliphatic heterocycles. The summed E-state index contributed by atoms with van der Waals surface area (Å²) in [4.78, 5) is 23.0. The average Bonchev–Trinajstić information content (AvgIpc) is 3.51. The molecule has 2 aliphatic carbocycles. The Bertz CT molecular complexity index is 2540. The van der Waals surface area contributed by atoms with Gasteiger partial charge in [0.1, 0.15) is 0 Å². The predicted octanol–water partition coefficient (Wildman–Crippen LogP) is 10.3. The molecule has 8 aromatic rings. The lowest BCUT2D eigenvalue weighted by molar-refractivity contribution is 0.563. The Balaban J connectivity index is 1.12. The van der Waals surface area contributed by atoms with Crippen LogP contribution in [-0.4, -0.2) is 24.9 Å². The van der Waals surface area contributed by atoms with Crippen LogP contribution in [0, 0.1) is 0 Å². The maximum Gasteiger partial charge on any atom is 0.164 e. The third-order valence-corrected chi connectivity index (χ3v) is 11.0. The van der Waals surface area contributed by atoms with E-state index in [-0.39, 0.29) is 5.41 Å². The zero-order valence-corrected chi connectivity index (χ0v) is 28.8. The minimum absolute atomic E-state index is 0.132. The summed E-state index contributed by atoms with van der Waals surface area (Å²) in [6.07, 6.45) is 7.02. The van der Waals surface area contributed by atoms with Gasteiger partial charge >= 0.3 is 0 Å². The van der Waals surface area contributed by atoms with Gasteiger partial charge in [-0.1, -0.05) is 123 Å². The van der Waals surface area contributed by atoms with Gasteiger partial charge in [0, 0.05) is 46.9 Å². The summed E-state index contributed by atoms with van der Waals surface area (Å²) in [5, 5.41) is 0. The zero-order valence-electron chi connectivity index (χ0n) is 28.8. The van der Waals surface area contributed by atoms with Crippen molar-refractivity contribution in [1.29, 1.82) is 0 Å². The Morgan fingerprint density at radius 2 is 0.750 bits per heavy atom. The fraction of sp³-hybridized carbons (Fsp3) is 0.0851. The van der Waals surface area contributed by atoms with Crippen molar-refractivity contribution in [3.05, 3.63) is 198 Å². The van der Waals surface area contributed by atoms with Crippen molar-refractivity contribution in [3.8, 4) is 56.4 Å². The van der Waals surface area contributed by atoms with Crippen LogP contribution in [0.5, 0.6) is 0 Å². The first-order valence-corrected chi connectivity index (χ1v) is 17.7. The highest BCUT2D eigenvalue weighted by atomic mass is 15.0. The Morgan fingerprint density at radius 1 is 0.346 bits per heavy atom. The lowest BCUT2D eigenvalue weighted by Crippen LogP contribution is -2.40. The average molecular weight is 668 g/mol. The molecule has 0 N–H and O–H groups in total. The van der Waals surface area contributed by atoms with Crippen molar-refractivity contribution in [2.45, 2.75) is 24.7 Å². The monoisotopic (exact) mass is 667 g/mol. The van der Waals surface area contributed by atoms with Gasteiger partial charge in [-0.2, -0.15) is 0 Å². The van der Waals surface area contributed by atoms with Crippen molar-refractivity contribution in [1.82, 2.24) is 24.9 Å². The minimum atomic E-state index is -0.428. The maximum atomic E-state index is 4.92. The molecule has 0 unspecified atom stereocenters. The molecule has 0 saturated carbocycles. The number of rotatable bonds is 4. The van der Waals surface area contributed by atoms with Crippen LogP contribution in [0.15, 0.2) is 164 Å². The van der Waals surface area contributed by atoms with Gasteiger partial charge in [-0.05, 0) is 86.0 Å². The first kappa shape index (κ1) is 30.3. The Hall–Kier alpha value is -6.59. The van der Waals surface area contributed by atoms with E-state index in [4.69, 9.17) is 15.0 Å². The molecule has 3 aromatic heterocycles. The highest BCUT2D eigenvalue weighted by molar-refractivity contribution is 5.90. The molecule has 5 nitrogen and oxygen atoms in total. The second-order valence-corrected chi connectivity index (χ2v) is 14.1. The predicted molar refractivity (Wildman–Crippen MR) is 207 cm³/mol. The summed E-state index contributed by atoms with van der Waals surface area (Å²) in [7, 11) is 0. The van der Waals surface area contributed by atoms with Crippen LogP contribution in [0.25, 0.3) is 56.4 Å². The van der Waals surface area contributed by atoms with Gasteiger partial charge in [-0.3, -0.25) is 9.97 Å². The van der Waals surface area contributed by atoms with Gasteiger partial charge in [0.2, 0.25) is 0 Å². The van der Waals surface area contributed by atoms with Crippen molar-refractivity contribution in [2.75, 3.05) is 0 Å². The summed E-state index contributed by atoms with van der Waals surface area (Å²) in [5.74, 6) is 1.81. The summed E-state index contributed by atoms with van der Waals surface area (Å²) in [5.41, 5.74) is 15.2. The fourth-order valence-electron chi connectivity index (χ4n) is 8.62. The third-order valence-electron chi connectivity index (χ3n) is 11.0. The molecule has 10 rings (SSSR count). The van der Waals surface area contributed by atoms with Gasteiger partial charge in [0.15, 0.2) is 17.5 Å². The van der Waals surface area contributed by atoms with Gasteiger partial charge in [0.25, 0.3) is 0 Å². The first-order chi connectivity index (χ1) is 25.5. The van der Waals surface area contributed by atoms with E-state index in [9.17, 15) is 0 Å². The number of fused-ring (bicyclic) bond motifs is 9. The summed E-state index contributed by atoms with van der Waals surface area (Å²) >= 11 is 0. The van der Waals surface area contributed by atoms with Crippen LogP contribution in [0.1, 0.15) is 47.2 Å². The molecule has 1 spiro atoms. The highest BCUT2D eigenvalue weighted by Crippen LogP contribution is 2.62. The van der Waals surface area contributed by atoms with Gasteiger partial charge in [-0.25, -0.2) is 15.0 Å². The maximum absolute atomic E-state index is 4.92. The van der Waals surface area contributed by atoms with Crippen LogP contribution < -0.4 is 0 Å². The molecule has 52 heavy (non-hydrogen) atoms. The molecule has 3 heterocycles. The summed E-state index contributed by atoms with van der Waals surface area (Å²) in [6, 6.07) is 50.4. The molecule has 246 valence electrons. The highest BCUT2D eigenvalue weighted by Gasteiger charge is 2.53. The molecule has 0 atom stereocenters. The molecule has 2 aliphatic rings. The van der Waals surface area contributed by atoms with Gasteiger partial charge < -0.3 is 0 Å². The summed E-state index contributed by atoms with van der Waals surface area (Å²) < 4.78 is 0. The van der Waals surface area contributed by atoms with E-state index in [1.165, 1.54) is 50.1 Å². The van der Waals surface area contributed by atoms with Crippen LogP contribution in [0.4, 0.5) is 0 Å². The Kier molecular flexibility index (Phi) is 6.67. The van der Waals surface area contributed by atoms with E-state index >= 15 is 0 Å². The second kappa shape index (κ2) is 11.5. The van der Waals surface area contributed by atoms with Crippen LogP contribution in [-0.2, 0) is 10.8 Å². The largest absolute Gasteiger partial charge is 0.265 e. The molecular formula is C47H33N5. The quantitative estimate of drug-likeness (QED) is 0.187. The topological polar surface area (TPSA) is 64.5 Å². The molecule has 0 radical (unpaired) electrons. The molecule has 0 fully saturated rings. The van der Waals surface area contributed by atoms with Crippen LogP contribution >= 0.6 is 0 Å². The summed E-state index contributed by atoms with van der Waals surface area (Å²) in [6.45, 7) is 4.73. The van der Waals surface area contributed by atoms with Crippen molar-refractivity contribution in [2.24, 2.45) is 0 Å². The molecular weight excluding hydrogens is 635 g/mol. The smallest absolute Gasteiger partial charge is 0.164 e. The number of pyridine rings is 2. The molecule has 5 heteroatoms. The van der Waals surface area contributed by atoms with Crippen molar-refractivity contribution in [3.63, 3.8) is 0 Å². The van der Waals surface area contributed by atoms with E-state index < -0.39 is 5.41 Å². The van der Waals surface area contributed by atoms with E-state index in [2.05, 4.69) is 139 Å². The van der Waals surface area contributed by atoms with Gasteiger partial charge in [0.05, 0.1) is 5.41 Å². The number of benzene rings is 5. The first-order valence-electron chi connectivity index (χ1n) is 17.7. The lowest BCUT2D eigenvalue weighted by Gasteiger charge is -2.46. The molecule has 0 saturated heterocycles. The number of hydrogen-bond acceptors (Lipinski definition) is 5. The number of nitrogens with zero attached hydrogens (tertiary/aromatic N) is 5. The van der Waals surface area contributed by atoms with Crippen molar-refractivity contribution >= 4 is 0 Å². The Morgan fingerprint density at radius 3 is 1.29 bits per heavy atom. The Labute approximate surface area is 302 Å². The van der Waals surface area contributed by atoms with Crippen LogP contribution in [0.3, 0.4) is 0 Å². The zero-order chi connectivity index (χ0) is 34.9. The molecule has 5 aromatic carbocycles. The molecule has 0 bridgehead atoms. The third kappa shape index (κ3) is 4.39.